The van der Waals surface area contributed by atoms with E-state index in [-0.39, 0.29) is 18.0 Å². The Morgan fingerprint density at radius 3 is 2.35 bits per heavy atom. The number of amides is 1. The van der Waals surface area contributed by atoms with Crippen molar-refractivity contribution >= 4 is 22.8 Å². The lowest BCUT2D eigenvalue weighted by molar-refractivity contribution is -0.151. The third-order valence-electron chi connectivity index (χ3n) is 6.72. The Labute approximate surface area is 213 Å². The molecule has 192 valence electrons. The van der Waals surface area contributed by atoms with Crippen LogP contribution in [0.2, 0.25) is 0 Å². The van der Waals surface area contributed by atoms with Gasteiger partial charge in [-0.15, -0.1) is 0 Å². The first-order valence-corrected chi connectivity index (χ1v) is 12.1. The maximum Gasteiger partial charge on any atom is 0.254 e. The second-order valence-corrected chi connectivity index (χ2v) is 10.0. The lowest BCUT2D eigenvalue weighted by Gasteiger charge is -2.46. The Balaban J connectivity index is 1.66. The van der Waals surface area contributed by atoms with Crippen molar-refractivity contribution in [1.29, 1.82) is 0 Å². The van der Waals surface area contributed by atoms with Gasteiger partial charge in [-0.3, -0.25) is 9.78 Å². The highest BCUT2D eigenvalue weighted by atomic mass is 19.1. The molecule has 0 bridgehead atoms. The fourth-order valence-corrected chi connectivity index (χ4v) is 4.95. The molecule has 1 aliphatic heterocycles. The second kappa shape index (κ2) is 9.19. The Kier molecular flexibility index (Phi) is 6.15. The fourth-order valence-electron chi connectivity index (χ4n) is 4.95. The van der Waals surface area contributed by atoms with Crippen molar-refractivity contribution in [2.75, 3.05) is 18.0 Å². The van der Waals surface area contributed by atoms with Gasteiger partial charge in [0, 0.05) is 55.4 Å². The van der Waals surface area contributed by atoms with Crippen LogP contribution in [0.3, 0.4) is 0 Å². The number of anilines is 1. The van der Waals surface area contributed by atoms with E-state index in [1.54, 1.807) is 28.1 Å². The number of piperazine rings is 1. The minimum Gasteiger partial charge on any atom is -0.381 e. The number of aliphatic hydroxyl groups is 1. The Bertz CT molecular complexity index is 1450. The van der Waals surface area contributed by atoms with Crippen molar-refractivity contribution in [3.05, 3.63) is 66.9 Å². The van der Waals surface area contributed by atoms with Gasteiger partial charge in [0.25, 0.3) is 5.91 Å². The number of hydrogen-bond donors (Lipinski definition) is 1. The molecule has 1 saturated heterocycles. The summed E-state index contributed by atoms with van der Waals surface area (Å²) < 4.78 is 29.9. The molecule has 1 aliphatic rings. The van der Waals surface area contributed by atoms with Crippen LogP contribution >= 0.6 is 0 Å². The normalized spacial score (nSPS) is 18.5. The van der Waals surface area contributed by atoms with Gasteiger partial charge in [-0.05, 0) is 57.5 Å². The van der Waals surface area contributed by atoms with Crippen molar-refractivity contribution in [1.82, 2.24) is 24.4 Å². The molecule has 4 aromatic rings. The first-order valence-electron chi connectivity index (χ1n) is 12.1. The molecular weight excluding hydrogens is 478 g/mol. The quantitative estimate of drug-likeness (QED) is 0.451. The van der Waals surface area contributed by atoms with Gasteiger partial charge in [-0.1, -0.05) is 0 Å². The average Bonchev–Trinajstić information content (AvgIpc) is 3.24. The number of pyridine rings is 1. The van der Waals surface area contributed by atoms with E-state index >= 15 is 0 Å². The number of rotatable bonds is 4. The number of carbonyl (C=O) groups is 1. The van der Waals surface area contributed by atoms with Gasteiger partial charge in [0.15, 0.2) is 5.65 Å². The molecule has 0 radical (unpaired) electrons. The standard InChI is InChI=1S/C27H28F2N6O2/c1-16-13-34(26(36)27(3,4)37)17(2)12-33(16)24-23-22(18-5-7-30-8-6-18)14-35(25(23)32-15-31-24)21-10-19(28)9-20(29)11-21/h5-11,14-17,37H,12-13H2,1-4H3/t16-,17+/m0/s1. The number of hydrogen-bond acceptors (Lipinski definition) is 6. The van der Waals surface area contributed by atoms with E-state index in [2.05, 4.69) is 19.9 Å². The zero-order chi connectivity index (χ0) is 26.5. The van der Waals surface area contributed by atoms with Crippen LogP contribution in [0.5, 0.6) is 0 Å². The van der Waals surface area contributed by atoms with Crippen molar-refractivity contribution < 1.29 is 18.7 Å². The van der Waals surface area contributed by atoms with Crippen LogP contribution in [0.15, 0.2) is 55.2 Å². The fraction of sp³-hybridized carbons (Fsp3) is 0.333. The predicted molar refractivity (Wildman–Crippen MR) is 136 cm³/mol. The van der Waals surface area contributed by atoms with Crippen LogP contribution < -0.4 is 4.90 Å². The van der Waals surface area contributed by atoms with Crippen molar-refractivity contribution in [3.63, 3.8) is 0 Å². The monoisotopic (exact) mass is 506 g/mol. The smallest absolute Gasteiger partial charge is 0.254 e. The summed E-state index contributed by atoms with van der Waals surface area (Å²) in [5.74, 6) is -1.04. The van der Waals surface area contributed by atoms with Crippen LogP contribution in [0.25, 0.3) is 27.8 Å². The molecule has 10 heteroatoms. The molecule has 1 amide bonds. The van der Waals surface area contributed by atoms with Crippen LogP contribution in [0, 0.1) is 11.6 Å². The van der Waals surface area contributed by atoms with E-state index in [4.69, 9.17) is 0 Å². The molecule has 8 nitrogen and oxygen atoms in total. The zero-order valence-corrected chi connectivity index (χ0v) is 21.1. The van der Waals surface area contributed by atoms with Gasteiger partial charge < -0.3 is 19.5 Å². The first kappa shape index (κ1) is 24.8. The maximum absolute atomic E-state index is 14.1. The van der Waals surface area contributed by atoms with Gasteiger partial charge in [0.2, 0.25) is 0 Å². The summed E-state index contributed by atoms with van der Waals surface area (Å²) in [6.07, 6.45) is 6.59. The number of fused-ring (bicyclic) bond motifs is 1. The Hall–Kier alpha value is -3.92. The molecular formula is C27H28F2N6O2. The molecule has 1 aromatic carbocycles. The minimum atomic E-state index is -1.47. The number of benzene rings is 1. The van der Waals surface area contributed by atoms with E-state index < -0.39 is 17.2 Å². The summed E-state index contributed by atoms with van der Waals surface area (Å²) in [7, 11) is 0. The molecule has 0 unspecified atom stereocenters. The maximum atomic E-state index is 14.1. The van der Waals surface area contributed by atoms with Crippen molar-refractivity contribution in [2.45, 2.75) is 45.4 Å². The summed E-state index contributed by atoms with van der Waals surface area (Å²) in [6, 6.07) is 6.74. The topological polar surface area (TPSA) is 87.4 Å². The number of nitrogens with zero attached hydrogens (tertiary/aromatic N) is 6. The molecule has 0 aliphatic carbocycles. The van der Waals surface area contributed by atoms with E-state index in [0.29, 0.717) is 30.2 Å². The number of carbonyl (C=O) groups excluding carboxylic acids is 1. The summed E-state index contributed by atoms with van der Waals surface area (Å²) >= 11 is 0. The van der Waals surface area contributed by atoms with E-state index in [0.717, 1.165) is 22.6 Å². The van der Waals surface area contributed by atoms with Gasteiger partial charge >= 0.3 is 0 Å². The molecule has 1 N–H and O–H groups in total. The zero-order valence-electron chi connectivity index (χ0n) is 21.1. The second-order valence-electron chi connectivity index (χ2n) is 10.0. The summed E-state index contributed by atoms with van der Waals surface area (Å²) in [5.41, 5.74) is 0.964. The molecule has 4 heterocycles. The number of halogens is 2. The van der Waals surface area contributed by atoms with Gasteiger partial charge in [0.1, 0.15) is 29.4 Å². The Morgan fingerprint density at radius 2 is 1.70 bits per heavy atom. The summed E-state index contributed by atoms with van der Waals surface area (Å²) in [5, 5.41) is 11.0. The van der Waals surface area contributed by atoms with Gasteiger partial charge in [0.05, 0.1) is 11.1 Å². The van der Waals surface area contributed by atoms with Crippen molar-refractivity contribution in [2.24, 2.45) is 0 Å². The van der Waals surface area contributed by atoms with Gasteiger partial charge in [-0.25, -0.2) is 18.7 Å². The van der Waals surface area contributed by atoms with Crippen molar-refractivity contribution in [3.8, 4) is 16.8 Å². The minimum absolute atomic E-state index is 0.124. The van der Waals surface area contributed by atoms with Crippen LogP contribution in [-0.4, -0.2) is 66.2 Å². The molecule has 1 fully saturated rings. The van der Waals surface area contributed by atoms with E-state index in [1.165, 1.54) is 32.3 Å². The van der Waals surface area contributed by atoms with Gasteiger partial charge in [-0.2, -0.15) is 0 Å². The average molecular weight is 507 g/mol. The van der Waals surface area contributed by atoms with E-state index in [1.807, 2.05) is 26.0 Å². The highest BCUT2D eigenvalue weighted by Gasteiger charge is 2.39. The molecule has 2 atom stereocenters. The third kappa shape index (κ3) is 4.53. The highest BCUT2D eigenvalue weighted by Crippen LogP contribution is 2.38. The lowest BCUT2D eigenvalue weighted by Crippen LogP contribution is -2.61. The van der Waals surface area contributed by atoms with Crippen LogP contribution in [-0.2, 0) is 4.79 Å². The predicted octanol–water partition coefficient (Wildman–Crippen LogP) is 3.96. The SMILES string of the molecule is C[C@@H]1CN(c2ncnc3c2c(-c2ccncc2)cn3-c2cc(F)cc(F)c2)[C@@H](C)CN1C(=O)C(C)(C)O. The number of aromatic nitrogens is 4. The third-order valence-corrected chi connectivity index (χ3v) is 6.72. The largest absolute Gasteiger partial charge is 0.381 e. The molecule has 37 heavy (non-hydrogen) atoms. The first-order chi connectivity index (χ1) is 17.5. The summed E-state index contributed by atoms with van der Waals surface area (Å²) in [6.45, 7) is 7.79. The van der Waals surface area contributed by atoms with E-state index in [9.17, 15) is 18.7 Å². The molecule has 3 aromatic heterocycles. The lowest BCUT2D eigenvalue weighted by atomic mass is 10.0. The molecule has 0 saturated carbocycles. The van der Waals surface area contributed by atoms with Crippen LogP contribution in [0.1, 0.15) is 27.7 Å². The highest BCUT2D eigenvalue weighted by molar-refractivity contribution is 6.02. The molecule has 5 rings (SSSR count). The van der Waals surface area contributed by atoms with Crippen LogP contribution in [0.4, 0.5) is 14.6 Å². The molecule has 0 spiro atoms. The summed E-state index contributed by atoms with van der Waals surface area (Å²) in [4.78, 5) is 29.9. The Morgan fingerprint density at radius 1 is 1.03 bits per heavy atom.